The number of benzene rings is 1. The predicted molar refractivity (Wildman–Crippen MR) is 98.0 cm³/mol. The maximum atomic E-state index is 9.29. The van der Waals surface area contributed by atoms with E-state index < -0.39 is 0 Å². The third-order valence-corrected chi connectivity index (χ3v) is 4.96. The molecule has 0 amide bonds. The van der Waals surface area contributed by atoms with Crippen LogP contribution in [-0.2, 0) is 6.54 Å². The molecule has 0 aliphatic carbocycles. The van der Waals surface area contributed by atoms with Crippen LogP contribution in [0.3, 0.4) is 0 Å². The lowest BCUT2D eigenvalue weighted by molar-refractivity contribution is 0.190. The lowest BCUT2D eigenvalue weighted by atomic mass is 10.0. The lowest BCUT2D eigenvalue weighted by Crippen LogP contribution is -2.42. The first-order chi connectivity index (χ1) is 11.2. The van der Waals surface area contributed by atoms with E-state index >= 15 is 0 Å². The van der Waals surface area contributed by atoms with Crippen molar-refractivity contribution in [1.82, 2.24) is 9.80 Å². The number of hydrogen-bond donors (Lipinski definition) is 1. The van der Waals surface area contributed by atoms with Gasteiger partial charge in [-0.15, -0.1) is 0 Å². The molecule has 0 aromatic heterocycles. The fraction of sp³-hybridized carbons (Fsp3) is 0.684. The summed E-state index contributed by atoms with van der Waals surface area (Å²) in [6.07, 6.45) is 3.58. The number of likely N-dealkylation sites (tertiary alicyclic amines) is 1. The van der Waals surface area contributed by atoms with Gasteiger partial charge in [-0.2, -0.15) is 0 Å². The third kappa shape index (κ3) is 5.20. The minimum absolute atomic E-state index is 0.229. The van der Waals surface area contributed by atoms with Crippen molar-refractivity contribution in [3.05, 3.63) is 29.8 Å². The van der Waals surface area contributed by atoms with Crippen molar-refractivity contribution in [2.24, 2.45) is 0 Å². The molecule has 0 saturated carbocycles. The highest BCUT2D eigenvalue weighted by atomic mass is 16.3. The maximum Gasteiger partial charge on any atom is 0.0558 e. The van der Waals surface area contributed by atoms with E-state index in [0.29, 0.717) is 6.04 Å². The summed E-state index contributed by atoms with van der Waals surface area (Å²) < 4.78 is 0. The molecule has 130 valence electrons. The van der Waals surface area contributed by atoms with E-state index in [2.05, 4.69) is 60.0 Å². The van der Waals surface area contributed by atoms with Gasteiger partial charge in [0.1, 0.15) is 0 Å². The molecule has 0 bridgehead atoms. The number of rotatable bonds is 8. The average molecular weight is 319 g/mol. The van der Waals surface area contributed by atoms with Gasteiger partial charge in [-0.1, -0.05) is 25.1 Å². The van der Waals surface area contributed by atoms with Crippen molar-refractivity contribution in [1.29, 1.82) is 0 Å². The van der Waals surface area contributed by atoms with E-state index in [1.165, 1.54) is 37.2 Å². The molecule has 0 unspecified atom stereocenters. The summed E-state index contributed by atoms with van der Waals surface area (Å²) in [5.41, 5.74) is 2.72. The molecular formula is C19H33N3O. The first-order valence-electron chi connectivity index (χ1n) is 8.98. The Balaban J connectivity index is 2.09. The molecule has 1 aliphatic rings. The highest BCUT2D eigenvalue weighted by molar-refractivity contribution is 5.54. The van der Waals surface area contributed by atoms with Crippen LogP contribution in [-0.4, -0.2) is 67.8 Å². The Morgan fingerprint density at radius 3 is 2.52 bits per heavy atom. The highest BCUT2D eigenvalue weighted by Crippen LogP contribution is 2.26. The molecule has 2 rings (SSSR count). The number of anilines is 1. The van der Waals surface area contributed by atoms with Crippen molar-refractivity contribution in [2.45, 2.75) is 38.8 Å². The van der Waals surface area contributed by atoms with E-state index in [9.17, 15) is 5.11 Å². The summed E-state index contributed by atoms with van der Waals surface area (Å²) in [6.45, 7) is 7.50. The van der Waals surface area contributed by atoms with Crippen LogP contribution in [0, 0.1) is 0 Å². The van der Waals surface area contributed by atoms with Gasteiger partial charge in [0, 0.05) is 31.9 Å². The summed E-state index contributed by atoms with van der Waals surface area (Å²) in [5.74, 6) is 0. The third-order valence-electron chi connectivity index (χ3n) is 4.96. The van der Waals surface area contributed by atoms with E-state index in [0.717, 1.165) is 26.1 Å². The first-order valence-corrected chi connectivity index (χ1v) is 8.98. The smallest absolute Gasteiger partial charge is 0.0558 e. The second-order valence-corrected chi connectivity index (χ2v) is 6.77. The zero-order chi connectivity index (χ0) is 16.7. The highest BCUT2D eigenvalue weighted by Gasteiger charge is 2.22. The molecule has 1 fully saturated rings. The number of para-hydroxylation sites is 1. The SMILES string of the molecule is CCCN(CCO)Cc1ccccc1N(C)C1CCN(C)CC1. The second-order valence-electron chi connectivity index (χ2n) is 6.77. The van der Waals surface area contributed by atoms with Crippen LogP contribution < -0.4 is 4.90 Å². The maximum absolute atomic E-state index is 9.29. The zero-order valence-electron chi connectivity index (χ0n) is 15.0. The quantitative estimate of drug-likeness (QED) is 0.797. The molecule has 1 heterocycles. The molecule has 0 atom stereocenters. The second kappa shape index (κ2) is 9.26. The molecule has 23 heavy (non-hydrogen) atoms. The molecule has 1 aliphatic heterocycles. The van der Waals surface area contributed by atoms with Gasteiger partial charge in [-0.3, -0.25) is 4.90 Å². The molecule has 0 radical (unpaired) electrons. The van der Waals surface area contributed by atoms with Crippen LogP contribution in [0.1, 0.15) is 31.7 Å². The Labute approximate surface area is 141 Å². The normalized spacial score (nSPS) is 16.9. The van der Waals surface area contributed by atoms with Gasteiger partial charge in [-0.05, 0) is 57.6 Å². The van der Waals surface area contributed by atoms with Crippen molar-refractivity contribution in [2.75, 3.05) is 51.8 Å². The Morgan fingerprint density at radius 1 is 1.17 bits per heavy atom. The standard InChI is InChI=1S/C19H33N3O/c1-4-11-22(14-15-23)16-17-7-5-6-8-19(17)21(3)18-9-12-20(2)13-10-18/h5-8,18,23H,4,9-16H2,1-3H3. The molecular weight excluding hydrogens is 286 g/mol. The topological polar surface area (TPSA) is 30.0 Å². The van der Waals surface area contributed by atoms with E-state index in [1.54, 1.807) is 0 Å². The number of aliphatic hydroxyl groups is 1. The van der Waals surface area contributed by atoms with Crippen molar-refractivity contribution in [3.8, 4) is 0 Å². The minimum atomic E-state index is 0.229. The number of nitrogens with zero attached hydrogens (tertiary/aromatic N) is 3. The Morgan fingerprint density at radius 2 is 1.87 bits per heavy atom. The van der Waals surface area contributed by atoms with Crippen LogP contribution in [0.4, 0.5) is 5.69 Å². The Kier molecular flexibility index (Phi) is 7.34. The summed E-state index contributed by atoms with van der Waals surface area (Å²) in [4.78, 5) is 7.24. The molecule has 1 aromatic rings. The van der Waals surface area contributed by atoms with Gasteiger partial charge in [-0.25, -0.2) is 0 Å². The van der Waals surface area contributed by atoms with Crippen LogP contribution >= 0.6 is 0 Å². The average Bonchev–Trinajstić information content (AvgIpc) is 2.56. The van der Waals surface area contributed by atoms with Gasteiger partial charge >= 0.3 is 0 Å². The minimum Gasteiger partial charge on any atom is -0.395 e. The molecule has 4 heteroatoms. The van der Waals surface area contributed by atoms with E-state index in [-0.39, 0.29) is 6.61 Å². The van der Waals surface area contributed by atoms with Crippen LogP contribution in [0.2, 0.25) is 0 Å². The zero-order valence-corrected chi connectivity index (χ0v) is 15.0. The van der Waals surface area contributed by atoms with Gasteiger partial charge in [0.25, 0.3) is 0 Å². The van der Waals surface area contributed by atoms with Gasteiger partial charge in [0.15, 0.2) is 0 Å². The molecule has 0 spiro atoms. The van der Waals surface area contributed by atoms with Crippen molar-refractivity contribution in [3.63, 3.8) is 0 Å². The van der Waals surface area contributed by atoms with Gasteiger partial charge in [0.05, 0.1) is 6.61 Å². The molecule has 1 saturated heterocycles. The summed E-state index contributed by atoms with van der Waals surface area (Å²) in [7, 11) is 4.45. The van der Waals surface area contributed by atoms with Crippen LogP contribution in [0.25, 0.3) is 0 Å². The number of aliphatic hydroxyl groups excluding tert-OH is 1. The van der Waals surface area contributed by atoms with Gasteiger partial charge < -0.3 is 14.9 Å². The monoisotopic (exact) mass is 319 g/mol. The summed E-state index contributed by atoms with van der Waals surface area (Å²) in [5, 5.41) is 9.29. The summed E-state index contributed by atoms with van der Waals surface area (Å²) in [6, 6.07) is 9.38. The number of hydrogen-bond acceptors (Lipinski definition) is 4. The fourth-order valence-electron chi connectivity index (χ4n) is 3.54. The Bertz CT molecular complexity index is 452. The lowest BCUT2D eigenvalue weighted by Gasteiger charge is -2.37. The van der Waals surface area contributed by atoms with E-state index in [1.807, 2.05) is 0 Å². The predicted octanol–water partition coefficient (Wildman–Crippen LogP) is 2.42. The Hall–Kier alpha value is -1.10. The van der Waals surface area contributed by atoms with Crippen molar-refractivity contribution >= 4 is 5.69 Å². The molecule has 1 N–H and O–H groups in total. The fourth-order valence-corrected chi connectivity index (χ4v) is 3.54. The van der Waals surface area contributed by atoms with Crippen molar-refractivity contribution < 1.29 is 5.11 Å². The van der Waals surface area contributed by atoms with Gasteiger partial charge in [0.2, 0.25) is 0 Å². The number of piperidine rings is 1. The van der Waals surface area contributed by atoms with Crippen LogP contribution in [0.5, 0.6) is 0 Å². The first kappa shape index (κ1) is 18.2. The summed E-state index contributed by atoms with van der Waals surface area (Å²) >= 11 is 0. The van der Waals surface area contributed by atoms with E-state index in [4.69, 9.17) is 0 Å². The molecule has 1 aromatic carbocycles. The largest absolute Gasteiger partial charge is 0.395 e. The van der Waals surface area contributed by atoms with Crippen LogP contribution in [0.15, 0.2) is 24.3 Å². The molecule has 4 nitrogen and oxygen atoms in total.